The number of rotatable bonds is 5. The van der Waals surface area contributed by atoms with Crippen molar-refractivity contribution in [3.8, 4) is 11.5 Å². The molecule has 4 heteroatoms. The van der Waals surface area contributed by atoms with Gasteiger partial charge in [0, 0.05) is 11.4 Å². The molecule has 0 atom stereocenters. The largest absolute Gasteiger partial charge is 0.497 e. The quantitative estimate of drug-likeness (QED) is 0.606. The molecule has 0 spiro atoms. The van der Waals surface area contributed by atoms with Crippen molar-refractivity contribution in [2.24, 2.45) is 0 Å². The lowest BCUT2D eigenvalue weighted by atomic mass is 10.3. The van der Waals surface area contributed by atoms with Crippen LogP contribution in [0.15, 0.2) is 18.2 Å². The molecule has 0 aromatic heterocycles. The van der Waals surface area contributed by atoms with Crippen molar-refractivity contribution in [3.05, 3.63) is 23.2 Å². The molecule has 1 rings (SSSR count). The second-order valence-electron chi connectivity index (χ2n) is 2.69. The molecule has 1 aromatic carbocycles. The summed E-state index contributed by atoms with van der Waals surface area (Å²) >= 11 is 9.30. The maximum atomic E-state index is 5.97. The first-order valence-electron chi connectivity index (χ1n) is 4.30. The molecule has 0 aliphatic rings. The molecule has 0 amide bonds. The van der Waals surface area contributed by atoms with Gasteiger partial charge >= 0.3 is 0 Å². The van der Waals surface area contributed by atoms with E-state index in [4.69, 9.17) is 21.1 Å². The van der Waals surface area contributed by atoms with Gasteiger partial charge in [0.1, 0.15) is 11.5 Å². The van der Waals surface area contributed by atoms with E-state index in [9.17, 15) is 0 Å². The van der Waals surface area contributed by atoms with E-state index in [1.807, 2.05) is 12.1 Å². The SMILES string of the molecule is COc1ccc(OCCCBr)c(Cl)c1. The van der Waals surface area contributed by atoms with Gasteiger partial charge in [-0.05, 0) is 18.6 Å². The number of halogens is 2. The van der Waals surface area contributed by atoms with E-state index in [1.54, 1.807) is 13.2 Å². The third kappa shape index (κ3) is 3.39. The van der Waals surface area contributed by atoms with Gasteiger partial charge in [-0.15, -0.1) is 0 Å². The minimum atomic E-state index is 0.582. The zero-order chi connectivity index (χ0) is 10.4. The van der Waals surface area contributed by atoms with Crippen molar-refractivity contribution >= 4 is 27.5 Å². The van der Waals surface area contributed by atoms with E-state index in [-0.39, 0.29) is 0 Å². The van der Waals surface area contributed by atoms with Gasteiger partial charge in [0.25, 0.3) is 0 Å². The number of methoxy groups -OCH3 is 1. The lowest BCUT2D eigenvalue weighted by molar-refractivity contribution is 0.318. The highest BCUT2D eigenvalue weighted by Crippen LogP contribution is 2.28. The Morgan fingerprint density at radius 2 is 2.21 bits per heavy atom. The second kappa shape index (κ2) is 6.14. The molecule has 14 heavy (non-hydrogen) atoms. The standard InChI is InChI=1S/C10H12BrClO2/c1-13-8-3-4-10(9(12)7-8)14-6-2-5-11/h3-4,7H,2,5-6H2,1H3. The van der Waals surface area contributed by atoms with Gasteiger partial charge in [-0.2, -0.15) is 0 Å². The Kier molecular flexibility index (Phi) is 5.12. The topological polar surface area (TPSA) is 18.5 Å². The summed E-state index contributed by atoms with van der Waals surface area (Å²) in [6.07, 6.45) is 0.961. The number of alkyl halides is 1. The molecule has 0 fully saturated rings. The summed E-state index contributed by atoms with van der Waals surface area (Å²) in [7, 11) is 1.61. The smallest absolute Gasteiger partial charge is 0.138 e. The number of ether oxygens (including phenoxy) is 2. The Morgan fingerprint density at radius 3 is 2.79 bits per heavy atom. The maximum absolute atomic E-state index is 5.97. The first kappa shape index (κ1) is 11.7. The van der Waals surface area contributed by atoms with Crippen LogP contribution in [0.2, 0.25) is 5.02 Å². The molecule has 0 saturated heterocycles. The van der Waals surface area contributed by atoms with Crippen molar-refractivity contribution in [2.75, 3.05) is 19.0 Å². The van der Waals surface area contributed by atoms with E-state index in [1.165, 1.54) is 0 Å². The average Bonchev–Trinajstić information content (AvgIpc) is 2.20. The van der Waals surface area contributed by atoms with Crippen molar-refractivity contribution in [1.82, 2.24) is 0 Å². The first-order chi connectivity index (χ1) is 6.77. The molecular formula is C10H12BrClO2. The molecule has 0 bridgehead atoms. The van der Waals surface area contributed by atoms with Crippen LogP contribution in [0.5, 0.6) is 11.5 Å². The molecule has 2 nitrogen and oxygen atoms in total. The molecular weight excluding hydrogens is 267 g/mol. The van der Waals surface area contributed by atoms with Crippen molar-refractivity contribution in [1.29, 1.82) is 0 Å². The molecule has 1 aromatic rings. The molecule has 0 saturated carbocycles. The average molecular weight is 280 g/mol. The van der Waals surface area contributed by atoms with Crippen LogP contribution in [-0.2, 0) is 0 Å². The Hall–Kier alpha value is -0.410. The zero-order valence-corrected chi connectivity index (χ0v) is 10.3. The van der Waals surface area contributed by atoms with E-state index in [0.29, 0.717) is 17.4 Å². The Morgan fingerprint density at radius 1 is 1.43 bits per heavy atom. The van der Waals surface area contributed by atoms with Gasteiger partial charge in [0.05, 0.1) is 18.7 Å². The minimum Gasteiger partial charge on any atom is -0.497 e. The van der Waals surface area contributed by atoms with Crippen LogP contribution in [0, 0.1) is 0 Å². The van der Waals surface area contributed by atoms with Gasteiger partial charge < -0.3 is 9.47 Å². The highest BCUT2D eigenvalue weighted by molar-refractivity contribution is 9.09. The first-order valence-corrected chi connectivity index (χ1v) is 5.80. The van der Waals surface area contributed by atoms with Crippen LogP contribution in [0.25, 0.3) is 0 Å². The van der Waals surface area contributed by atoms with E-state index in [0.717, 1.165) is 17.5 Å². The predicted molar refractivity (Wildman–Crippen MR) is 61.9 cm³/mol. The fraction of sp³-hybridized carbons (Fsp3) is 0.400. The predicted octanol–water partition coefficient (Wildman–Crippen LogP) is 3.51. The van der Waals surface area contributed by atoms with Crippen LogP contribution in [0.1, 0.15) is 6.42 Å². The normalized spacial score (nSPS) is 9.93. The minimum absolute atomic E-state index is 0.582. The van der Waals surface area contributed by atoms with Crippen LogP contribution < -0.4 is 9.47 Å². The molecule has 78 valence electrons. The van der Waals surface area contributed by atoms with Gasteiger partial charge in [0.2, 0.25) is 0 Å². The van der Waals surface area contributed by atoms with Gasteiger partial charge in [0.15, 0.2) is 0 Å². The molecule has 0 unspecified atom stereocenters. The van der Waals surface area contributed by atoms with Gasteiger partial charge in [-0.3, -0.25) is 0 Å². The summed E-state index contributed by atoms with van der Waals surface area (Å²) < 4.78 is 10.5. The summed E-state index contributed by atoms with van der Waals surface area (Å²) in [5, 5.41) is 1.51. The Bertz CT molecular complexity index is 291. The van der Waals surface area contributed by atoms with Crippen LogP contribution in [0.3, 0.4) is 0 Å². The fourth-order valence-electron chi connectivity index (χ4n) is 0.962. The van der Waals surface area contributed by atoms with E-state index < -0.39 is 0 Å². The third-order valence-electron chi connectivity index (χ3n) is 1.67. The highest BCUT2D eigenvalue weighted by atomic mass is 79.9. The summed E-state index contributed by atoms with van der Waals surface area (Å²) in [5.74, 6) is 1.44. The highest BCUT2D eigenvalue weighted by Gasteiger charge is 2.02. The van der Waals surface area contributed by atoms with Gasteiger partial charge in [-0.1, -0.05) is 27.5 Å². The van der Waals surface area contributed by atoms with Crippen LogP contribution in [-0.4, -0.2) is 19.0 Å². The van der Waals surface area contributed by atoms with E-state index >= 15 is 0 Å². The molecule has 0 N–H and O–H groups in total. The lowest BCUT2D eigenvalue weighted by Crippen LogP contribution is -1.98. The Labute approximate surface area is 97.3 Å². The third-order valence-corrected chi connectivity index (χ3v) is 2.53. The summed E-state index contributed by atoms with van der Waals surface area (Å²) in [6, 6.07) is 5.38. The molecule has 0 aliphatic carbocycles. The fourth-order valence-corrected chi connectivity index (χ4v) is 1.42. The van der Waals surface area contributed by atoms with Crippen LogP contribution >= 0.6 is 27.5 Å². The maximum Gasteiger partial charge on any atom is 0.138 e. The summed E-state index contributed by atoms with van der Waals surface area (Å²) in [6.45, 7) is 0.664. The number of hydrogen-bond acceptors (Lipinski definition) is 2. The Balaban J connectivity index is 2.59. The summed E-state index contributed by atoms with van der Waals surface area (Å²) in [4.78, 5) is 0. The molecule has 0 heterocycles. The van der Waals surface area contributed by atoms with Gasteiger partial charge in [-0.25, -0.2) is 0 Å². The number of hydrogen-bond donors (Lipinski definition) is 0. The summed E-state index contributed by atoms with van der Waals surface area (Å²) in [5.41, 5.74) is 0. The van der Waals surface area contributed by atoms with Crippen molar-refractivity contribution in [3.63, 3.8) is 0 Å². The van der Waals surface area contributed by atoms with Crippen molar-refractivity contribution < 1.29 is 9.47 Å². The monoisotopic (exact) mass is 278 g/mol. The zero-order valence-electron chi connectivity index (χ0n) is 7.93. The van der Waals surface area contributed by atoms with Crippen LogP contribution in [0.4, 0.5) is 0 Å². The second-order valence-corrected chi connectivity index (χ2v) is 3.89. The molecule has 0 radical (unpaired) electrons. The molecule has 0 aliphatic heterocycles. The van der Waals surface area contributed by atoms with E-state index in [2.05, 4.69) is 15.9 Å². The number of benzene rings is 1. The van der Waals surface area contributed by atoms with Crippen molar-refractivity contribution in [2.45, 2.75) is 6.42 Å². The lowest BCUT2D eigenvalue weighted by Gasteiger charge is -2.08.